The van der Waals surface area contributed by atoms with Gasteiger partial charge in [-0.2, -0.15) is 4.52 Å². The van der Waals surface area contributed by atoms with E-state index in [2.05, 4.69) is 35.7 Å². The predicted molar refractivity (Wildman–Crippen MR) is 93.1 cm³/mol. The van der Waals surface area contributed by atoms with Crippen LogP contribution in [0.25, 0.3) is 27.9 Å². The maximum absolute atomic E-state index is 12.7. The number of alkyl halides is 3. The fraction of sp³-hybridized carbons (Fsp3) is 0.0625. The first-order chi connectivity index (χ1) is 12.3. The monoisotopic (exact) mass is 442 g/mol. The van der Waals surface area contributed by atoms with Crippen molar-refractivity contribution in [3.05, 3.63) is 52.2 Å². The zero-order valence-electron chi connectivity index (χ0n) is 12.6. The van der Waals surface area contributed by atoms with Gasteiger partial charge in [-0.3, -0.25) is 0 Å². The van der Waals surface area contributed by atoms with Gasteiger partial charge in [0.05, 0.1) is 11.1 Å². The van der Waals surface area contributed by atoms with Gasteiger partial charge in [0.2, 0.25) is 5.28 Å². The number of aromatic nitrogens is 4. The fourth-order valence-electron chi connectivity index (χ4n) is 2.53. The van der Waals surface area contributed by atoms with Gasteiger partial charge in [0.15, 0.2) is 11.5 Å². The number of nitrogens with zero attached hydrogens (tertiary/aromatic N) is 4. The SMILES string of the molecule is FC(F)(F)Oc1ccc(Br)cc1-c1nc2c3ccccc3nc(Cl)n2n1. The lowest BCUT2D eigenvalue weighted by Gasteiger charge is -2.11. The van der Waals surface area contributed by atoms with E-state index in [9.17, 15) is 13.2 Å². The molecule has 10 heteroatoms. The molecule has 0 radical (unpaired) electrons. The minimum absolute atomic E-state index is 0.0330. The number of ether oxygens (including phenoxy) is 1. The fourth-order valence-corrected chi connectivity index (χ4v) is 3.10. The first-order valence-electron chi connectivity index (χ1n) is 7.18. The van der Waals surface area contributed by atoms with Crippen LogP contribution in [0.1, 0.15) is 0 Å². The van der Waals surface area contributed by atoms with Gasteiger partial charge in [0, 0.05) is 9.86 Å². The molecule has 4 aromatic rings. The summed E-state index contributed by atoms with van der Waals surface area (Å²) in [5.74, 6) is -0.379. The van der Waals surface area contributed by atoms with Crippen molar-refractivity contribution in [1.82, 2.24) is 19.6 Å². The van der Waals surface area contributed by atoms with E-state index in [0.717, 1.165) is 0 Å². The zero-order valence-corrected chi connectivity index (χ0v) is 15.0. The van der Waals surface area contributed by atoms with E-state index >= 15 is 0 Å². The summed E-state index contributed by atoms with van der Waals surface area (Å²) in [4.78, 5) is 8.58. The van der Waals surface area contributed by atoms with Gasteiger partial charge in [0.1, 0.15) is 5.75 Å². The molecule has 0 aliphatic rings. The van der Waals surface area contributed by atoms with Crippen LogP contribution in [0.4, 0.5) is 13.2 Å². The summed E-state index contributed by atoms with van der Waals surface area (Å²) < 4.78 is 44.0. The minimum atomic E-state index is -4.84. The number of hydrogen-bond acceptors (Lipinski definition) is 4. The van der Waals surface area contributed by atoms with Crippen molar-refractivity contribution < 1.29 is 17.9 Å². The van der Waals surface area contributed by atoms with E-state index in [1.807, 2.05) is 0 Å². The molecule has 0 bridgehead atoms. The van der Waals surface area contributed by atoms with Crippen molar-refractivity contribution in [2.24, 2.45) is 0 Å². The molecule has 0 saturated carbocycles. The summed E-state index contributed by atoms with van der Waals surface area (Å²) in [5, 5.41) is 4.92. The van der Waals surface area contributed by atoms with Gasteiger partial charge in [-0.15, -0.1) is 18.3 Å². The molecule has 4 rings (SSSR count). The Morgan fingerprint density at radius 2 is 1.85 bits per heavy atom. The van der Waals surface area contributed by atoms with Crippen molar-refractivity contribution in [3.8, 4) is 17.1 Å². The lowest BCUT2D eigenvalue weighted by atomic mass is 10.2. The highest BCUT2D eigenvalue weighted by molar-refractivity contribution is 9.10. The third kappa shape index (κ3) is 3.08. The lowest BCUT2D eigenvalue weighted by Crippen LogP contribution is -2.17. The molecule has 2 aromatic heterocycles. The highest BCUT2D eigenvalue weighted by Gasteiger charge is 2.33. The third-order valence-electron chi connectivity index (χ3n) is 3.55. The zero-order chi connectivity index (χ0) is 18.5. The minimum Gasteiger partial charge on any atom is -0.405 e. The van der Waals surface area contributed by atoms with Crippen molar-refractivity contribution in [3.63, 3.8) is 0 Å². The Bertz CT molecular complexity index is 1150. The van der Waals surface area contributed by atoms with Crippen LogP contribution in [0.15, 0.2) is 46.9 Å². The first kappa shape index (κ1) is 17.0. The van der Waals surface area contributed by atoms with Gasteiger partial charge in [0.25, 0.3) is 0 Å². The van der Waals surface area contributed by atoms with E-state index in [0.29, 0.717) is 21.0 Å². The van der Waals surface area contributed by atoms with E-state index in [-0.39, 0.29) is 16.7 Å². The Hall–Kier alpha value is -2.39. The Morgan fingerprint density at radius 1 is 1.08 bits per heavy atom. The van der Waals surface area contributed by atoms with Crippen LogP contribution in [0, 0.1) is 0 Å². The molecule has 5 nitrogen and oxygen atoms in total. The van der Waals surface area contributed by atoms with Crippen molar-refractivity contribution in [1.29, 1.82) is 0 Å². The van der Waals surface area contributed by atoms with Gasteiger partial charge in [-0.1, -0.05) is 28.1 Å². The second kappa shape index (κ2) is 6.10. The molecule has 0 saturated heterocycles. The molecular weight excluding hydrogens is 437 g/mol. The Balaban J connectivity index is 1.97. The number of benzene rings is 2. The summed E-state index contributed by atoms with van der Waals surface area (Å²) in [6, 6.07) is 11.2. The summed E-state index contributed by atoms with van der Waals surface area (Å²) in [5.41, 5.74) is 1.05. The normalized spacial score (nSPS) is 12.0. The number of halogens is 5. The number of rotatable bonds is 2. The molecule has 0 atom stereocenters. The second-order valence-corrected chi connectivity index (χ2v) is 6.51. The summed E-state index contributed by atoms with van der Waals surface area (Å²) in [6.45, 7) is 0. The molecule has 0 N–H and O–H groups in total. The van der Waals surface area contributed by atoms with Crippen LogP contribution in [-0.2, 0) is 0 Å². The average Bonchev–Trinajstić information content (AvgIpc) is 3.01. The molecule has 0 amide bonds. The van der Waals surface area contributed by atoms with Crippen LogP contribution in [0.2, 0.25) is 5.28 Å². The smallest absolute Gasteiger partial charge is 0.405 e. The Morgan fingerprint density at radius 3 is 2.62 bits per heavy atom. The van der Waals surface area contributed by atoms with Crippen molar-refractivity contribution in [2.45, 2.75) is 6.36 Å². The molecule has 2 heterocycles. The van der Waals surface area contributed by atoms with Crippen LogP contribution >= 0.6 is 27.5 Å². The molecule has 0 aliphatic carbocycles. The number of para-hydroxylation sites is 1. The quantitative estimate of drug-likeness (QED) is 0.397. The molecule has 0 unspecified atom stereocenters. The summed E-state index contributed by atoms with van der Waals surface area (Å²) in [7, 11) is 0. The number of hydrogen-bond donors (Lipinski definition) is 0. The Labute approximate surface area is 157 Å². The van der Waals surface area contributed by atoms with Crippen LogP contribution in [0.3, 0.4) is 0 Å². The summed E-state index contributed by atoms with van der Waals surface area (Å²) >= 11 is 9.38. The maximum Gasteiger partial charge on any atom is 0.573 e. The highest BCUT2D eigenvalue weighted by Crippen LogP contribution is 2.35. The molecular formula is C16H7BrClF3N4O. The van der Waals surface area contributed by atoms with Gasteiger partial charge < -0.3 is 4.74 Å². The van der Waals surface area contributed by atoms with E-state index in [1.54, 1.807) is 24.3 Å². The summed E-state index contributed by atoms with van der Waals surface area (Å²) in [6.07, 6.45) is -4.84. The molecule has 132 valence electrons. The molecule has 2 aromatic carbocycles. The topological polar surface area (TPSA) is 52.3 Å². The van der Waals surface area contributed by atoms with Crippen molar-refractivity contribution in [2.75, 3.05) is 0 Å². The predicted octanol–water partition coefficient (Wildman–Crippen LogP) is 5.26. The molecule has 0 aliphatic heterocycles. The molecule has 26 heavy (non-hydrogen) atoms. The highest BCUT2D eigenvalue weighted by atomic mass is 79.9. The van der Waals surface area contributed by atoms with Gasteiger partial charge in [-0.05, 0) is 41.9 Å². The van der Waals surface area contributed by atoms with Gasteiger partial charge in [-0.25, -0.2) is 9.97 Å². The standard InChI is InChI=1S/C16H7BrClF3N4O/c17-8-5-6-12(26-16(19,20)21)10(7-8)13-23-14-9-3-1-2-4-11(9)22-15(18)25(14)24-13/h1-7H. The lowest BCUT2D eigenvalue weighted by molar-refractivity contribution is -0.274. The van der Waals surface area contributed by atoms with Gasteiger partial charge >= 0.3 is 6.36 Å². The first-order valence-corrected chi connectivity index (χ1v) is 8.35. The third-order valence-corrected chi connectivity index (χ3v) is 4.29. The van der Waals surface area contributed by atoms with Crippen molar-refractivity contribution >= 4 is 44.1 Å². The maximum atomic E-state index is 12.7. The average molecular weight is 444 g/mol. The number of fused-ring (bicyclic) bond motifs is 3. The second-order valence-electron chi connectivity index (χ2n) is 5.26. The van der Waals surface area contributed by atoms with Crippen LogP contribution in [0.5, 0.6) is 5.75 Å². The van der Waals surface area contributed by atoms with E-state index in [1.165, 1.54) is 22.7 Å². The molecule has 0 spiro atoms. The van der Waals surface area contributed by atoms with Crippen LogP contribution < -0.4 is 4.74 Å². The Kier molecular flexibility index (Phi) is 4.00. The van der Waals surface area contributed by atoms with E-state index < -0.39 is 12.1 Å². The van der Waals surface area contributed by atoms with Crippen LogP contribution in [-0.4, -0.2) is 25.9 Å². The van der Waals surface area contributed by atoms with E-state index in [4.69, 9.17) is 11.6 Å². The molecule has 0 fully saturated rings. The largest absolute Gasteiger partial charge is 0.573 e.